The predicted molar refractivity (Wildman–Crippen MR) is 94.4 cm³/mol. The Kier molecular flexibility index (Phi) is 5.85. The third-order valence-corrected chi connectivity index (χ3v) is 4.21. The van der Waals surface area contributed by atoms with Crippen molar-refractivity contribution in [3.63, 3.8) is 0 Å². The molecule has 0 saturated carbocycles. The van der Waals surface area contributed by atoms with Gasteiger partial charge in [0.15, 0.2) is 16.7 Å². The van der Waals surface area contributed by atoms with Crippen molar-refractivity contribution in [1.82, 2.24) is 0 Å². The second-order valence-corrected chi connectivity index (χ2v) is 6.14. The average Bonchev–Trinajstić information content (AvgIpc) is 2.54. The largest absolute Gasteiger partial charge is 0.504 e. The van der Waals surface area contributed by atoms with Crippen molar-refractivity contribution in [3.05, 3.63) is 58.1 Å². The maximum Gasteiger partial charge on any atom is 0.180 e. The summed E-state index contributed by atoms with van der Waals surface area (Å²) in [6, 6.07) is 13.1. The molecule has 114 valence electrons. The standard InChI is InChI=1S/C15H14BrN3O2S/c16-12-7-6-11(13(20)14(12)21)8-18-19-15(17)22-9-10-4-2-1-3-5-10/h1-8,20-21H,9H2,(H2,17,19). The van der Waals surface area contributed by atoms with Gasteiger partial charge in [0.1, 0.15) is 0 Å². The Morgan fingerprint density at radius 3 is 2.59 bits per heavy atom. The Morgan fingerprint density at radius 1 is 1.14 bits per heavy atom. The van der Waals surface area contributed by atoms with Gasteiger partial charge in [-0.05, 0) is 33.6 Å². The second kappa shape index (κ2) is 7.86. The Labute approximate surface area is 140 Å². The van der Waals surface area contributed by atoms with Crippen molar-refractivity contribution in [3.8, 4) is 11.5 Å². The van der Waals surface area contributed by atoms with E-state index >= 15 is 0 Å². The van der Waals surface area contributed by atoms with E-state index in [1.54, 1.807) is 12.1 Å². The summed E-state index contributed by atoms with van der Waals surface area (Å²) in [4.78, 5) is 0. The number of benzene rings is 2. The molecule has 0 saturated heterocycles. The van der Waals surface area contributed by atoms with E-state index in [0.717, 1.165) is 5.56 Å². The first-order valence-electron chi connectivity index (χ1n) is 6.31. The number of hydrogen-bond acceptors (Lipinski definition) is 5. The molecule has 0 spiro atoms. The van der Waals surface area contributed by atoms with E-state index < -0.39 is 0 Å². The zero-order valence-electron chi connectivity index (χ0n) is 11.5. The average molecular weight is 380 g/mol. The van der Waals surface area contributed by atoms with Crippen LogP contribution in [0.1, 0.15) is 11.1 Å². The smallest absolute Gasteiger partial charge is 0.180 e. The lowest BCUT2D eigenvalue weighted by molar-refractivity contribution is 0.401. The first-order valence-corrected chi connectivity index (χ1v) is 8.09. The van der Waals surface area contributed by atoms with Crippen LogP contribution in [0.15, 0.2) is 57.1 Å². The summed E-state index contributed by atoms with van der Waals surface area (Å²) in [5, 5.41) is 27.3. The lowest BCUT2D eigenvalue weighted by atomic mass is 10.2. The van der Waals surface area contributed by atoms with Crippen LogP contribution < -0.4 is 5.73 Å². The molecule has 0 aliphatic carbocycles. The van der Waals surface area contributed by atoms with E-state index in [0.29, 0.717) is 21.0 Å². The van der Waals surface area contributed by atoms with E-state index in [-0.39, 0.29) is 11.5 Å². The Morgan fingerprint density at radius 2 is 1.86 bits per heavy atom. The normalized spacial score (nSPS) is 12.0. The summed E-state index contributed by atoms with van der Waals surface area (Å²) < 4.78 is 0.406. The second-order valence-electron chi connectivity index (χ2n) is 4.29. The molecule has 0 heterocycles. The van der Waals surface area contributed by atoms with Crippen LogP contribution in [0.25, 0.3) is 0 Å². The molecule has 0 amide bonds. The zero-order chi connectivity index (χ0) is 15.9. The van der Waals surface area contributed by atoms with Crippen molar-refractivity contribution in [2.24, 2.45) is 15.9 Å². The third-order valence-electron chi connectivity index (χ3n) is 2.72. The molecule has 22 heavy (non-hydrogen) atoms. The topological polar surface area (TPSA) is 91.2 Å². The highest BCUT2D eigenvalue weighted by molar-refractivity contribution is 9.10. The number of nitrogens with zero attached hydrogens (tertiary/aromatic N) is 2. The lowest BCUT2D eigenvalue weighted by Crippen LogP contribution is -2.06. The molecule has 0 unspecified atom stereocenters. The van der Waals surface area contributed by atoms with Crippen LogP contribution in [0.5, 0.6) is 11.5 Å². The number of thioether (sulfide) groups is 1. The van der Waals surface area contributed by atoms with Gasteiger partial charge in [-0.2, -0.15) is 5.10 Å². The van der Waals surface area contributed by atoms with Gasteiger partial charge in [-0.15, -0.1) is 5.10 Å². The highest BCUT2D eigenvalue weighted by Gasteiger charge is 2.08. The van der Waals surface area contributed by atoms with Crippen LogP contribution in [-0.2, 0) is 5.75 Å². The Balaban J connectivity index is 1.97. The predicted octanol–water partition coefficient (Wildman–Crippen LogP) is 3.44. The molecule has 0 radical (unpaired) electrons. The van der Waals surface area contributed by atoms with Crippen LogP contribution in [0.3, 0.4) is 0 Å². The first kappa shape index (κ1) is 16.4. The minimum atomic E-state index is -0.260. The van der Waals surface area contributed by atoms with Gasteiger partial charge >= 0.3 is 0 Å². The summed E-state index contributed by atoms with van der Waals surface area (Å²) in [5.41, 5.74) is 7.25. The van der Waals surface area contributed by atoms with E-state index in [4.69, 9.17) is 5.73 Å². The molecule has 0 aromatic heterocycles. The SMILES string of the molecule is NC(=NN=Cc1ccc(Br)c(O)c1O)SCc1ccccc1. The van der Waals surface area contributed by atoms with Crippen molar-refractivity contribution < 1.29 is 10.2 Å². The third kappa shape index (κ3) is 4.51. The molecule has 0 bridgehead atoms. The quantitative estimate of drug-likeness (QED) is 0.328. The number of halogens is 1. The van der Waals surface area contributed by atoms with E-state index in [1.165, 1.54) is 18.0 Å². The molecular formula is C15H14BrN3O2S. The maximum atomic E-state index is 9.74. The van der Waals surface area contributed by atoms with E-state index in [9.17, 15) is 10.2 Å². The molecule has 5 nitrogen and oxygen atoms in total. The molecular weight excluding hydrogens is 366 g/mol. The van der Waals surface area contributed by atoms with E-state index in [2.05, 4.69) is 26.1 Å². The molecule has 0 fully saturated rings. The molecule has 4 N–H and O–H groups in total. The Hall–Kier alpha value is -1.99. The van der Waals surface area contributed by atoms with Gasteiger partial charge in [-0.25, -0.2) is 0 Å². The van der Waals surface area contributed by atoms with Gasteiger partial charge in [-0.1, -0.05) is 42.1 Å². The molecule has 2 rings (SSSR count). The maximum absolute atomic E-state index is 9.74. The van der Waals surface area contributed by atoms with Crippen LogP contribution in [0.2, 0.25) is 0 Å². The summed E-state index contributed by atoms with van der Waals surface area (Å²) >= 11 is 4.48. The summed E-state index contributed by atoms with van der Waals surface area (Å²) in [6.07, 6.45) is 1.33. The fourth-order valence-corrected chi connectivity index (χ4v) is 2.51. The van der Waals surface area contributed by atoms with Gasteiger partial charge in [-0.3, -0.25) is 0 Å². The summed E-state index contributed by atoms with van der Waals surface area (Å²) in [6.45, 7) is 0. The van der Waals surface area contributed by atoms with Gasteiger partial charge in [0.2, 0.25) is 0 Å². The van der Waals surface area contributed by atoms with Crippen molar-refractivity contribution in [2.45, 2.75) is 5.75 Å². The molecule has 0 aliphatic rings. The Bertz CT molecular complexity index is 705. The number of aromatic hydroxyl groups is 2. The van der Waals surface area contributed by atoms with Crippen LogP contribution in [-0.4, -0.2) is 21.6 Å². The number of amidine groups is 1. The minimum Gasteiger partial charge on any atom is -0.504 e. The van der Waals surface area contributed by atoms with Crippen molar-refractivity contribution >= 4 is 39.1 Å². The monoisotopic (exact) mass is 379 g/mol. The minimum absolute atomic E-state index is 0.237. The fraction of sp³-hybridized carbons (Fsp3) is 0.0667. The summed E-state index contributed by atoms with van der Waals surface area (Å²) in [7, 11) is 0. The molecule has 7 heteroatoms. The van der Waals surface area contributed by atoms with Gasteiger partial charge < -0.3 is 15.9 Å². The summed E-state index contributed by atoms with van der Waals surface area (Å²) in [5.74, 6) is 0.207. The molecule has 2 aromatic carbocycles. The van der Waals surface area contributed by atoms with Gasteiger partial charge in [0.25, 0.3) is 0 Å². The van der Waals surface area contributed by atoms with Gasteiger partial charge in [0, 0.05) is 11.3 Å². The highest BCUT2D eigenvalue weighted by atomic mass is 79.9. The number of rotatable bonds is 4. The number of nitrogens with two attached hydrogens (primary N) is 1. The zero-order valence-corrected chi connectivity index (χ0v) is 13.9. The number of phenolic OH excluding ortho intramolecular Hbond substituents is 2. The molecule has 0 atom stereocenters. The first-order chi connectivity index (χ1) is 10.6. The lowest BCUT2D eigenvalue weighted by Gasteiger charge is -2.02. The van der Waals surface area contributed by atoms with E-state index in [1.807, 2.05) is 30.3 Å². The molecule has 2 aromatic rings. The fourth-order valence-electron chi connectivity index (χ4n) is 1.58. The number of hydrogen-bond donors (Lipinski definition) is 3. The molecule has 0 aliphatic heterocycles. The highest BCUT2D eigenvalue weighted by Crippen LogP contribution is 2.35. The van der Waals surface area contributed by atoms with Crippen LogP contribution in [0.4, 0.5) is 0 Å². The number of phenols is 2. The van der Waals surface area contributed by atoms with Crippen LogP contribution in [0, 0.1) is 0 Å². The van der Waals surface area contributed by atoms with Crippen molar-refractivity contribution in [2.75, 3.05) is 0 Å². The van der Waals surface area contributed by atoms with Gasteiger partial charge in [0.05, 0.1) is 10.7 Å². The van der Waals surface area contributed by atoms with Crippen LogP contribution >= 0.6 is 27.7 Å². The van der Waals surface area contributed by atoms with Crippen molar-refractivity contribution in [1.29, 1.82) is 0 Å².